The first-order chi connectivity index (χ1) is 2.00. The summed E-state index contributed by atoms with van der Waals surface area (Å²) in [6, 6.07) is 0. The van der Waals surface area contributed by atoms with Crippen LogP contribution in [0.15, 0.2) is 0 Å². The molecule has 0 aliphatic rings. The standard InChI is InChI=1S/H2O4S.4H2O.U/c1-5(2,3)4;;;;;/h(H2,1,2,3,4);4*1H2;/q;;;;;+2/p-2. The third-order valence-corrected chi connectivity index (χ3v) is 0. The van der Waals surface area contributed by atoms with Crippen LogP contribution in [-0.2, 0) is 10.4 Å². The topological polar surface area (TPSA) is 206 Å². The van der Waals surface area contributed by atoms with Crippen molar-refractivity contribution in [3.05, 3.63) is 0 Å². The van der Waals surface area contributed by atoms with Crippen molar-refractivity contribution in [2.45, 2.75) is 0 Å². The molecule has 0 rings (SSSR count). The fourth-order valence-corrected chi connectivity index (χ4v) is 0. The van der Waals surface area contributed by atoms with E-state index in [1.807, 2.05) is 0 Å². The van der Waals surface area contributed by atoms with Crippen molar-refractivity contribution in [1.29, 1.82) is 0 Å². The summed E-state index contributed by atoms with van der Waals surface area (Å²) in [7, 11) is -5.17. The number of rotatable bonds is 0. The Morgan fingerprint density at radius 1 is 0.800 bits per heavy atom. The van der Waals surface area contributed by atoms with Gasteiger partial charge in [0.25, 0.3) is 0 Å². The van der Waals surface area contributed by atoms with Gasteiger partial charge in [-0.05, 0) is 0 Å². The number of hydrogen-bond acceptors (Lipinski definition) is 4. The molecule has 8 N–H and O–H groups in total. The van der Waals surface area contributed by atoms with Gasteiger partial charge in [-0.1, -0.05) is 0 Å². The molecule has 0 aromatic heterocycles. The van der Waals surface area contributed by atoms with Gasteiger partial charge >= 0.3 is 31.1 Å². The van der Waals surface area contributed by atoms with Gasteiger partial charge in [0.2, 0.25) is 0 Å². The van der Waals surface area contributed by atoms with Crippen LogP contribution in [0.3, 0.4) is 0 Å². The van der Waals surface area contributed by atoms with Crippen LogP contribution in [0, 0.1) is 31.1 Å². The predicted octanol–water partition coefficient (Wildman–Crippen LogP) is -4.64. The van der Waals surface area contributed by atoms with Crippen molar-refractivity contribution in [2.24, 2.45) is 0 Å². The molecule has 0 aliphatic heterocycles. The SMILES string of the molecule is O.O.O.O.O=S(=O)([O-])[O-].[U+2]. The Labute approximate surface area is 80.8 Å². The van der Waals surface area contributed by atoms with Crippen molar-refractivity contribution < 1.29 is 70.5 Å². The Balaban J connectivity index is -0.00000000800. The van der Waals surface area contributed by atoms with Crippen LogP contribution in [0.4, 0.5) is 0 Å². The molecule has 0 fully saturated rings. The zero-order valence-corrected chi connectivity index (χ0v) is 9.52. The fraction of sp³-hybridized carbons (Fsp3) is 0. The van der Waals surface area contributed by atoms with Gasteiger partial charge in [-0.15, -0.1) is 0 Å². The normalized spacial score (nSPS) is 5.80. The van der Waals surface area contributed by atoms with Crippen LogP contribution in [-0.4, -0.2) is 39.4 Å². The predicted molar refractivity (Wildman–Crippen MR) is 24.9 cm³/mol. The molecular weight excluding hydrogens is 398 g/mol. The molecule has 0 unspecified atom stereocenters. The first kappa shape index (κ1) is 45.2. The zero-order chi connectivity index (χ0) is 4.50. The van der Waals surface area contributed by atoms with Crippen LogP contribution in [0.5, 0.6) is 0 Å². The second kappa shape index (κ2) is 16.4. The molecule has 0 heterocycles. The minimum atomic E-state index is -5.17. The van der Waals surface area contributed by atoms with Crippen molar-refractivity contribution >= 4 is 10.4 Å². The molecule has 0 saturated carbocycles. The monoisotopic (exact) mass is 406 g/mol. The summed E-state index contributed by atoms with van der Waals surface area (Å²) in [6.45, 7) is 0. The Bertz CT molecular complexity index is 92.4. The smallest absolute Gasteiger partial charge is 0.759 e. The maximum absolute atomic E-state index is 8.52. The van der Waals surface area contributed by atoms with Gasteiger partial charge in [0.05, 0.1) is 0 Å². The van der Waals surface area contributed by atoms with Gasteiger partial charge in [0.15, 0.2) is 0 Å². The van der Waals surface area contributed by atoms with E-state index < -0.39 is 10.4 Å². The average Bonchev–Trinajstić information content (AvgIpc) is 0.722. The molecule has 0 aliphatic carbocycles. The summed E-state index contributed by atoms with van der Waals surface area (Å²) in [5.74, 6) is 0. The van der Waals surface area contributed by atoms with E-state index in [-0.39, 0.29) is 53.0 Å². The fourth-order valence-electron chi connectivity index (χ4n) is 0. The summed E-state index contributed by atoms with van der Waals surface area (Å²) < 4.78 is 34.1. The van der Waals surface area contributed by atoms with E-state index in [1.165, 1.54) is 0 Å². The minimum absolute atomic E-state index is 0. The first-order valence-electron chi connectivity index (χ1n) is 0.667. The largest absolute Gasteiger partial charge is 2.00 e. The molecule has 0 aromatic rings. The Morgan fingerprint density at radius 2 is 0.800 bits per heavy atom. The van der Waals surface area contributed by atoms with E-state index in [0.29, 0.717) is 0 Å². The first-order valence-corrected chi connectivity index (χ1v) is 2.00. The summed E-state index contributed by atoms with van der Waals surface area (Å²) >= 11 is 0. The maximum Gasteiger partial charge on any atom is 2.00 e. The number of hydrogen-bond donors (Lipinski definition) is 0. The van der Waals surface area contributed by atoms with Crippen molar-refractivity contribution in [2.75, 3.05) is 0 Å². The second-order valence-electron chi connectivity index (χ2n) is 0.408. The minimum Gasteiger partial charge on any atom is -0.759 e. The third kappa shape index (κ3) is 909. The van der Waals surface area contributed by atoms with Crippen molar-refractivity contribution in [3.63, 3.8) is 0 Å². The van der Waals surface area contributed by atoms with Gasteiger partial charge in [0.1, 0.15) is 0 Å². The van der Waals surface area contributed by atoms with Crippen LogP contribution >= 0.6 is 0 Å². The molecule has 0 saturated heterocycles. The van der Waals surface area contributed by atoms with Gasteiger partial charge in [-0.2, -0.15) is 0 Å². The molecule has 0 spiro atoms. The summed E-state index contributed by atoms with van der Waals surface area (Å²) in [5, 5.41) is 0. The average molecular weight is 406 g/mol. The van der Waals surface area contributed by atoms with Crippen molar-refractivity contribution in [3.8, 4) is 0 Å². The van der Waals surface area contributed by atoms with Gasteiger partial charge in [0, 0.05) is 10.4 Å². The van der Waals surface area contributed by atoms with Gasteiger partial charge in [-0.25, -0.2) is 0 Å². The summed E-state index contributed by atoms with van der Waals surface area (Å²) in [5.41, 5.74) is 0. The van der Waals surface area contributed by atoms with Crippen LogP contribution in [0.25, 0.3) is 0 Å². The van der Waals surface area contributed by atoms with E-state index in [4.69, 9.17) is 17.5 Å². The Morgan fingerprint density at radius 3 is 0.800 bits per heavy atom. The van der Waals surface area contributed by atoms with E-state index in [1.54, 1.807) is 0 Å². The summed E-state index contributed by atoms with van der Waals surface area (Å²) in [6.07, 6.45) is 0. The van der Waals surface area contributed by atoms with Crippen molar-refractivity contribution in [1.82, 2.24) is 0 Å². The van der Waals surface area contributed by atoms with Crippen LogP contribution in [0.1, 0.15) is 0 Å². The quantitative estimate of drug-likeness (QED) is 0.287. The molecule has 0 bridgehead atoms. The van der Waals surface area contributed by atoms with Gasteiger partial charge in [-0.3, -0.25) is 8.42 Å². The summed E-state index contributed by atoms with van der Waals surface area (Å²) in [4.78, 5) is 0. The molecular formula is H8O8SU. The Kier molecular flexibility index (Phi) is 74.1. The zero-order valence-electron chi connectivity index (χ0n) is 4.54. The molecule has 8 nitrogen and oxygen atoms in total. The molecule has 0 atom stereocenters. The molecule has 0 aromatic carbocycles. The molecule has 0 amide bonds. The van der Waals surface area contributed by atoms with E-state index >= 15 is 0 Å². The van der Waals surface area contributed by atoms with Gasteiger partial charge < -0.3 is 31.0 Å². The molecule has 0 radical (unpaired) electrons. The van der Waals surface area contributed by atoms with E-state index in [2.05, 4.69) is 0 Å². The second-order valence-corrected chi connectivity index (χ2v) is 1.22. The Hall–Kier alpha value is 0.762. The molecule has 66 valence electrons. The molecule has 10 heteroatoms. The van der Waals surface area contributed by atoms with Crippen LogP contribution in [0.2, 0.25) is 0 Å². The molecule has 10 heavy (non-hydrogen) atoms. The van der Waals surface area contributed by atoms with Crippen LogP contribution < -0.4 is 0 Å². The van der Waals surface area contributed by atoms with E-state index in [0.717, 1.165) is 0 Å². The maximum atomic E-state index is 8.52. The third-order valence-electron chi connectivity index (χ3n) is 0. The van der Waals surface area contributed by atoms with E-state index in [9.17, 15) is 0 Å².